The average Bonchev–Trinajstić information content (AvgIpc) is 2.80. The van der Waals surface area contributed by atoms with E-state index < -0.39 is 11.8 Å². The van der Waals surface area contributed by atoms with E-state index in [0.29, 0.717) is 16.5 Å². The molecule has 1 heterocycles. The molecule has 0 spiro atoms. The van der Waals surface area contributed by atoms with E-state index in [4.69, 9.17) is 5.11 Å². The number of nitrogens with zero attached hydrogens (tertiary/aromatic N) is 2. The van der Waals surface area contributed by atoms with E-state index in [1.165, 1.54) is 30.2 Å². The van der Waals surface area contributed by atoms with Gasteiger partial charge in [-0.3, -0.25) is 5.10 Å². The highest BCUT2D eigenvalue weighted by Crippen LogP contribution is 2.22. The third-order valence-electron chi connectivity index (χ3n) is 2.07. The Bertz CT molecular complexity index is 530. The monoisotopic (exact) mass is 253 g/mol. The van der Waals surface area contributed by atoms with Crippen LogP contribution in [0.4, 0.5) is 4.39 Å². The van der Waals surface area contributed by atoms with Crippen molar-refractivity contribution < 1.29 is 14.3 Å². The molecule has 0 amide bonds. The Morgan fingerprint density at radius 1 is 1.53 bits per heavy atom. The number of carbonyl (C=O) groups is 1. The van der Waals surface area contributed by atoms with Crippen molar-refractivity contribution in [2.75, 3.05) is 0 Å². The summed E-state index contributed by atoms with van der Waals surface area (Å²) < 4.78 is 13.7. The van der Waals surface area contributed by atoms with Crippen LogP contribution in [0.2, 0.25) is 0 Å². The van der Waals surface area contributed by atoms with Crippen molar-refractivity contribution in [3.63, 3.8) is 0 Å². The smallest absolute Gasteiger partial charge is 0.338 e. The number of aromatic nitrogens is 3. The summed E-state index contributed by atoms with van der Waals surface area (Å²) in [7, 11) is 0. The van der Waals surface area contributed by atoms with Crippen LogP contribution in [0.15, 0.2) is 29.7 Å². The Hall–Kier alpha value is -1.89. The van der Waals surface area contributed by atoms with Gasteiger partial charge in [-0.25, -0.2) is 14.2 Å². The Labute approximate surface area is 100 Å². The zero-order valence-electron chi connectivity index (χ0n) is 8.55. The molecule has 17 heavy (non-hydrogen) atoms. The molecule has 7 heteroatoms. The molecule has 1 aromatic heterocycles. The predicted octanol–water partition coefficient (Wildman–Crippen LogP) is 1.93. The molecule has 0 fully saturated rings. The van der Waals surface area contributed by atoms with E-state index >= 15 is 0 Å². The van der Waals surface area contributed by atoms with E-state index in [0.717, 1.165) is 0 Å². The number of benzene rings is 1. The minimum atomic E-state index is -1.27. The van der Waals surface area contributed by atoms with Gasteiger partial charge in [0.25, 0.3) is 0 Å². The molecule has 2 aromatic rings. The van der Waals surface area contributed by atoms with Crippen LogP contribution < -0.4 is 0 Å². The molecule has 0 saturated heterocycles. The minimum absolute atomic E-state index is 0.294. The second kappa shape index (κ2) is 4.96. The lowest BCUT2D eigenvalue weighted by Gasteiger charge is -2.03. The van der Waals surface area contributed by atoms with Crippen LogP contribution in [0, 0.1) is 5.82 Å². The summed E-state index contributed by atoms with van der Waals surface area (Å²) in [6, 6.07) is 4.30. The quantitative estimate of drug-likeness (QED) is 0.814. The van der Waals surface area contributed by atoms with Crippen LogP contribution in [0.25, 0.3) is 0 Å². The molecule has 2 N–H and O–H groups in total. The highest BCUT2D eigenvalue weighted by Gasteiger charge is 2.13. The number of hydrogen-bond acceptors (Lipinski definition) is 4. The van der Waals surface area contributed by atoms with Gasteiger partial charge < -0.3 is 5.11 Å². The molecule has 5 nitrogen and oxygen atoms in total. The molecular formula is C10H8FN3O2S. The van der Waals surface area contributed by atoms with Crippen molar-refractivity contribution >= 4 is 17.7 Å². The molecule has 88 valence electrons. The van der Waals surface area contributed by atoms with Crippen LogP contribution in [0.1, 0.15) is 15.9 Å². The van der Waals surface area contributed by atoms with Crippen LogP contribution in [0.5, 0.6) is 0 Å². The predicted molar refractivity (Wildman–Crippen MR) is 59.3 cm³/mol. The highest BCUT2D eigenvalue weighted by atomic mass is 32.2. The van der Waals surface area contributed by atoms with E-state index in [9.17, 15) is 9.18 Å². The van der Waals surface area contributed by atoms with Gasteiger partial charge in [0.1, 0.15) is 12.1 Å². The minimum Gasteiger partial charge on any atom is -0.478 e. The van der Waals surface area contributed by atoms with E-state index in [2.05, 4.69) is 15.2 Å². The van der Waals surface area contributed by atoms with Gasteiger partial charge in [-0.15, -0.1) is 0 Å². The van der Waals surface area contributed by atoms with E-state index in [1.54, 1.807) is 6.07 Å². The van der Waals surface area contributed by atoms with Crippen molar-refractivity contribution in [2.45, 2.75) is 10.9 Å². The fourth-order valence-electron chi connectivity index (χ4n) is 1.27. The van der Waals surface area contributed by atoms with Crippen molar-refractivity contribution in [1.29, 1.82) is 0 Å². The lowest BCUT2D eigenvalue weighted by atomic mass is 10.1. The fraction of sp³-hybridized carbons (Fsp3) is 0.100. The normalized spacial score (nSPS) is 10.4. The maximum absolute atomic E-state index is 13.7. The number of thioether (sulfide) groups is 1. The number of H-pyrrole nitrogens is 1. The Balaban J connectivity index is 2.16. The van der Waals surface area contributed by atoms with Gasteiger partial charge in [0, 0.05) is 5.75 Å². The van der Waals surface area contributed by atoms with Gasteiger partial charge in [-0.1, -0.05) is 23.9 Å². The number of aromatic carboxylic acids is 1. The van der Waals surface area contributed by atoms with E-state index in [-0.39, 0.29) is 5.56 Å². The molecule has 0 bridgehead atoms. The molecule has 0 atom stereocenters. The maximum Gasteiger partial charge on any atom is 0.338 e. The fourth-order valence-corrected chi connectivity index (χ4v) is 2.02. The summed E-state index contributed by atoms with van der Waals surface area (Å²) in [5.74, 6) is -1.68. The molecule has 0 unspecified atom stereocenters. The van der Waals surface area contributed by atoms with Gasteiger partial charge in [-0.05, 0) is 11.6 Å². The summed E-state index contributed by atoms with van der Waals surface area (Å²) >= 11 is 1.25. The third-order valence-corrected chi connectivity index (χ3v) is 2.99. The van der Waals surface area contributed by atoms with Crippen LogP contribution in [0.3, 0.4) is 0 Å². The summed E-state index contributed by atoms with van der Waals surface area (Å²) in [6.07, 6.45) is 1.35. The lowest BCUT2D eigenvalue weighted by Crippen LogP contribution is -2.02. The van der Waals surface area contributed by atoms with Gasteiger partial charge in [0.05, 0.1) is 5.56 Å². The van der Waals surface area contributed by atoms with Crippen LogP contribution >= 0.6 is 11.8 Å². The van der Waals surface area contributed by atoms with E-state index in [1.807, 2.05) is 0 Å². The number of carboxylic acids is 1. The second-order valence-corrected chi connectivity index (χ2v) is 4.13. The molecule has 1 aromatic carbocycles. The van der Waals surface area contributed by atoms with Crippen molar-refractivity contribution in [3.8, 4) is 0 Å². The standard InChI is InChI=1S/C10H8FN3O2S/c11-8-6(2-1-3-7(8)9(15)16)4-17-10-12-5-13-14-10/h1-3,5H,4H2,(H,15,16)(H,12,13,14). The number of nitrogens with one attached hydrogen (secondary N) is 1. The maximum atomic E-state index is 13.7. The molecule has 0 aliphatic rings. The largest absolute Gasteiger partial charge is 0.478 e. The third kappa shape index (κ3) is 2.62. The highest BCUT2D eigenvalue weighted by molar-refractivity contribution is 7.98. The summed E-state index contributed by atoms with van der Waals surface area (Å²) in [4.78, 5) is 14.6. The second-order valence-electron chi connectivity index (χ2n) is 3.16. The first-order valence-electron chi connectivity index (χ1n) is 4.67. The first-order chi connectivity index (χ1) is 8.18. The molecule has 0 radical (unpaired) electrons. The van der Waals surface area contributed by atoms with Gasteiger partial charge in [0.2, 0.25) is 0 Å². The number of carboxylic acid groups (broad SMARTS) is 1. The summed E-state index contributed by atoms with van der Waals surface area (Å²) in [5.41, 5.74) is 0.00645. The zero-order valence-corrected chi connectivity index (χ0v) is 9.37. The Morgan fingerprint density at radius 2 is 2.35 bits per heavy atom. The van der Waals surface area contributed by atoms with Crippen molar-refractivity contribution in [2.24, 2.45) is 0 Å². The van der Waals surface area contributed by atoms with Gasteiger partial charge in [0.15, 0.2) is 5.16 Å². The Kier molecular flexibility index (Phi) is 3.38. The number of aromatic amines is 1. The molecule has 0 aliphatic heterocycles. The first-order valence-corrected chi connectivity index (χ1v) is 5.66. The van der Waals surface area contributed by atoms with Crippen molar-refractivity contribution in [3.05, 3.63) is 41.5 Å². The number of halogens is 1. The summed E-state index contributed by atoms with van der Waals surface area (Å²) in [6.45, 7) is 0. The molecule has 2 rings (SSSR count). The molecule has 0 saturated carbocycles. The Morgan fingerprint density at radius 3 is 3.00 bits per heavy atom. The zero-order chi connectivity index (χ0) is 12.3. The molecular weight excluding hydrogens is 245 g/mol. The number of rotatable bonds is 4. The lowest BCUT2D eigenvalue weighted by molar-refractivity contribution is 0.0691. The van der Waals surface area contributed by atoms with Crippen LogP contribution in [-0.2, 0) is 5.75 Å². The van der Waals surface area contributed by atoms with Gasteiger partial charge in [-0.2, -0.15) is 5.10 Å². The topological polar surface area (TPSA) is 78.9 Å². The van der Waals surface area contributed by atoms with Crippen LogP contribution in [-0.4, -0.2) is 26.3 Å². The first kappa shape index (κ1) is 11.6. The summed E-state index contributed by atoms with van der Waals surface area (Å²) in [5, 5.41) is 15.6. The van der Waals surface area contributed by atoms with Gasteiger partial charge >= 0.3 is 5.97 Å². The van der Waals surface area contributed by atoms with Crippen molar-refractivity contribution in [1.82, 2.24) is 15.2 Å². The number of hydrogen-bond donors (Lipinski definition) is 2. The molecule has 0 aliphatic carbocycles. The average molecular weight is 253 g/mol. The SMILES string of the molecule is O=C(O)c1cccc(CSc2ncn[nH]2)c1F.